The average Bonchev–Trinajstić information content (AvgIpc) is 3.21. The molecule has 0 atom stereocenters. The summed E-state index contributed by atoms with van der Waals surface area (Å²) in [6.07, 6.45) is 31.2. The van der Waals surface area contributed by atoms with Crippen molar-refractivity contribution < 1.29 is 34.2 Å². The van der Waals surface area contributed by atoms with E-state index < -0.39 is 21.8 Å². The largest absolute Gasteiger partial charge is 1.00 e. The molecule has 4 aromatic carbocycles. The van der Waals surface area contributed by atoms with Gasteiger partial charge in [-0.3, -0.25) is 0 Å². The first-order chi connectivity index (χ1) is 27.1. The molecule has 8 heteroatoms. The van der Waals surface area contributed by atoms with Crippen LogP contribution in [0.4, 0.5) is 17.3 Å². The Balaban J connectivity index is 0.000000501. The van der Waals surface area contributed by atoms with Gasteiger partial charge in [-0.25, -0.2) is 0 Å². The highest BCUT2D eigenvalue weighted by atomic mass is 79.9. The molecule has 0 spiro atoms. The van der Waals surface area contributed by atoms with Gasteiger partial charge in [-0.2, -0.15) is 0 Å². The zero-order valence-electron chi connectivity index (χ0n) is 35.8. The summed E-state index contributed by atoms with van der Waals surface area (Å²) in [5.41, 5.74) is 0. The second-order valence-electron chi connectivity index (χ2n) is 15.6. The third kappa shape index (κ3) is 22.3. The van der Waals surface area contributed by atoms with Gasteiger partial charge in [-0.1, -0.05) is 171 Å². The van der Waals surface area contributed by atoms with Crippen LogP contribution in [0.5, 0.6) is 0 Å². The van der Waals surface area contributed by atoms with Crippen molar-refractivity contribution in [3.63, 3.8) is 0 Å². The Morgan fingerprint density at radius 2 is 0.544 bits per heavy atom. The molecule has 318 valence electrons. The van der Waals surface area contributed by atoms with Crippen LogP contribution in [0, 0.1) is 0 Å². The highest BCUT2D eigenvalue weighted by Gasteiger charge is 2.47. The summed E-state index contributed by atoms with van der Waals surface area (Å²) >= 11 is 0. The molecule has 4 aromatic rings. The van der Waals surface area contributed by atoms with Crippen LogP contribution in [0.3, 0.4) is 0 Å². The highest BCUT2D eigenvalue weighted by Crippen LogP contribution is 2.57. The third-order valence-corrected chi connectivity index (χ3v) is 19.2. The normalized spacial score (nSPS) is 11.4. The average molecular weight is 892 g/mol. The molecule has 4 rings (SSSR count). The smallest absolute Gasteiger partial charge is 0.673 e. The lowest BCUT2D eigenvalue weighted by molar-refractivity contribution is -0.0000173. The maximum absolute atomic E-state index is 9.75. The Hall–Kier alpha value is -2.00. The van der Waals surface area contributed by atoms with Crippen LogP contribution in [0.2, 0.25) is 0 Å². The predicted octanol–water partition coefficient (Wildman–Crippen LogP) is 12.3. The molecule has 0 N–H and O–H groups in total. The van der Waals surface area contributed by atoms with Gasteiger partial charge >= 0.3 is 7.25 Å². The summed E-state index contributed by atoms with van der Waals surface area (Å²) in [5, 5.41) is 5.55. The van der Waals surface area contributed by atoms with Crippen molar-refractivity contribution in [3.8, 4) is 0 Å². The number of unbranched alkanes of at least 4 members (excludes halogenated alkanes) is 15. The number of halogens is 5. The standard InChI is InChI=1S/C25H54P.C24H20P.BF4.BrH/c1-5-8-11-14-17-20-23-26(4,24-21-18-15-12-9-6-2)25-22-19-16-13-10-7-3;1-5-13-21(14-6-1)25(22-15-7-2-8-16-22,23-17-9-3-10-18-23)24-19-11-4-12-20-24;2-1(3,4)5;/h5-25H2,1-4H3;1-20H;;1H/q2*+1;-1;/p-1. The minimum absolute atomic E-state index is 0. The lowest BCUT2D eigenvalue weighted by Crippen LogP contribution is -3.00. The summed E-state index contributed by atoms with van der Waals surface area (Å²) in [7, 11) is -8.54. The Labute approximate surface area is 358 Å². The van der Waals surface area contributed by atoms with Crippen LogP contribution in [-0.2, 0) is 0 Å². The quantitative estimate of drug-likeness (QED) is 0.0269. The zero-order valence-corrected chi connectivity index (χ0v) is 39.1. The zero-order chi connectivity index (χ0) is 40.8. The van der Waals surface area contributed by atoms with Crippen LogP contribution >= 0.6 is 14.5 Å². The van der Waals surface area contributed by atoms with E-state index in [-0.39, 0.29) is 17.0 Å². The van der Waals surface area contributed by atoms with Crippen molar-refractivity contribution in [2.45, 2.75) is 136 Å². The van der Waals surface area contributed by atoms with Crippen LogP contribution in [0.1, 0.15) is 136 Å². The van der Waals surface area contributed by atoms with Crippen molar-refractivity contribution >= 4 is 43.0 Å². The lowest BCUT2D eigenvalue weighted by atomic mass is 10.1. The van der Waals surface area contributed by atoms with E-state index in [1.807, 2.05) is 0 Å². The lowest BCUT2D eigenvalue weighted by Gasteiger charge is -2.27. The van der Waals surface area contributed by atoms with E-state index in [0.29, 0.717) is 0 Å². The van der Waals surface area contributed by atoms with Gasteiger partial charge in [0.05, 0.1) is 18.5 Å². The van der Waals surface area contributed by atoms with E-state index in [0.717, 1.165) is 0 Å². The summed E-state index contributed by atoms with van der Waals surface area (Å²) in [6, 6.07) is 43.8. The molecule has 0 aromatic heterocycles. The second-order valence-corrected chi connectivity index (χ2v) is 23.6. The maximum atomic E-state index is 9.75. The maximum Gasteiger partial charge on any atom is 0.673 e. The van der Waals surface area contributed by atoms with Gasteiger partial charge in [-0.05, 0) is 87.1 Å². The number of hydrogen-bond donors (Lipinski definition) is 0. The van der Waals surface area contributed by atoms with Crippen LogP contribution in [-0.4, -0.2) is 32.4 Å². The van der Waals surface area contributed by atoms with E-state index in [1.165, 1.54) is 137 Å². The van der Waals surface area contributed by atoms with E-state index in [4.69, 9.17) is 0 Å². The molecule has 57 heavy (non-hydrogen) atoms. The number of rotatable bonds is 25. The molecule has 0 fully saturated rings. The van der Waals surface area contributed by atoms with Crippen molar-refractivity contribution in [2.24, 2.45) is 0 Å². The monoisotopic (exact) mass is 890 g/mol. The van der Waals surface area contributed by atoms with Crippen molar-refractivity contribution in [3.05, 3.63) is 121 Å². The third-order valence-electron chi connectivity index (χ3n) is 10.7. The van der Waals surface area contributed by atoms with Gasteiger partial charge in [-0.15, -0.1) is 0 Å². The summed E-state index contributed by atoms with van der Waals surface area (Å²) in [4.78, 5) is 0. The summed E-state index contributed by atoms with van der Waals surface area (Å²) in [5.74, 6) is 0. The Bertz CT molecular complexity index is 1270. The van der Waals surface area contributed by atoms with Gasteiger partial charge < -0.3 is 34.2 Å². The van der Waals surface area contributed by atoms with Crippen LogP contribution < -0.4 is 38.2 Å². The van der Waals surface area contributed by atoms with Crippen molar-refractivity contribution in [1.29, 1.82) is 0 Å². The van der Waals surface area contributed by atoms with Gasteiger partial charge in [0.1, 0.15) is 28.5 Å². The molecule has 0 heterocycles. The Morgan fingerprint density at radius 1 is 0.351 bits per heavy atom. The van der Waals surface area contributed by atoms with E-state index in [9.17, 15) is 17.3 Å². The molecule has 0 unspecified atom stereocenters. The second kappa shape index (κ2) is 31.9. The van der Waals surface area contributed by atoms with Crippen molar-refractivity contribution in [2.75, 3.05) is 25.2 Å². The fourth-order valence-electron chi connectivity index (χ4n) is 7.66. The molecule has 0 aliphatic heterocycles. The first-order valence-electron chi connectivity index (χ1n) is 21.9. The first-order valence-corrected chi connectivity index (χ1v) is 26.5. The summed E-state index contributed by atoms with van der Waals surface area (Å²) in [6.45, 7) is 9.70. The molecule has 0 saturated heterocycles. The van der Waals surface area contributed by atoms with Crippen LogP contribution in [0.15, 0.2) is 121 Å². The minimum Gasteiger partial charge on any atom is -1.00 e. The molecule has 0 amide bonds. The molecule has 0 bridgehead atoms. The molecular formula is C49H74BBrF4P2. The first kappa shape index (κ1) is 53.0. The van der Waals surface area contributed by atoms with E-state index in [2.05, 4.69) is 149 Å². The Morgan fingerprint density at radius 3 is 0.754 bits per heavy atom. The van der Waals surface area contributed by atoms with Gasteiger partial charge in [0, 0.05) is 13.9 Å². The van der Waals surface area contributed by atoms with Gasteiger partial charge in [0.25, 0.3) is 0 Å². The van der Waals surface area contributed by atoms with Crippen molar-refractivity contribution in [1.82, 2.24) is 0 Å². The molecule has 0 aliphatic rings. The SMILES string of the molecule is CCCCCCCC[P+](C)(CCCCCCCC)CCCCCCCC.F[B-](F)(F)F.[Br-].c1ccc([P+](c2ccccc2)(c2ccccc2)c2ccccc2)cc1. The molecule has 0 aliphatic carbocycles. The summed E-state index contributed by atoms with van der Waals surface area (Å²) < 4.78 is 39.0. The number of hydrogen-bond acceptors (Lipinski definition) is 0. The fraction of sp³-hybridized carbons (Fsp3) is 0.510. The molecule has 0 nitrogen and oxygen atoms in total. The molecular weight excluding hydrogens is 817 g/mol. The van der Waals surface area contributed by atoms with Gasteiger partial charge in [0.15, 0.2) is 0 Å². The number of benzene rings is 4. The molecule has 0 saturated carbocycles. The van der Waals surface area contributed by atoms with E-state index >= 15 is 0 Å². The predicted molar refractivity (Wildman–Crippen MR) is 249 cm³/mol. The van der Waals surface area contributed by atoms with Gasteiger partial charge in [0.2, 0.25) is 0 Å². The molecule has 0 radical (unpaired) electrons. The van der Waals surface area contributed by atoms with Crippen LogP contribution in [0.25, 0.3) is 0 Å². The minimum atomic E-state index is -6.00. The topological polar surface area (TPSA) is 0 Å². The fourth-order valence-corrected chi connectivity index (χ4v) is 15.6. The van der Waals surface area contributed by atoms with E-state index in [1.54, 1.807) is 18.5 Å². The highest BCUT2D eigenvalue weighted by molar-refractivity contribution is 8.01. The Kier molecular flexibility index (Phi) is 29.6.